The Hall–Kier alpha value is -3.32. The third-order valence-corrected chi connectivity index (χ3v) is 4.51. The Morgan fingerprint density at radius 1 is 1.19 bits per heavy atom. The highest BCUT2D eigenvalue weighted by atomic mass is 16.1. The number of carbonyl (C=O) groups is 1. The molecule has 3 aromatic heterocycles. The zero-order valence-electron chi connectivity index (χ0n) is 15.0. The zero-order chi connectivity index (χ0) is 18.8. The Labute approximate surface area is 157 Å². The summed E-state index contributed by atoms with van der Waals surface area (Å²) in [5, 5.41) is 7.96. The van der Waals surface area contributed by atoms with Gasteiger partial charge in [0, 0.05) is 37.1 Å². The average Bonchev–Trinajstić information content (AvgIpc) is 3.10. The number of nitrogens with two attached hydrogens (primary N) is 1. The summed E-state index contributed by atoms with van der Waals surface area (Å²) in [5.41, 5.74) is 10.9. The molecular weight excluding hydrogens is 340 g/mol. The first-order valence-corrected chi connectivity index (χ1v) is 8.80. The minimum absolute atomic E-state index is 0.253. The topological polar surface area (TPSA) is 98.7 Å². The van der Waals surface area contributed by atoms with Crippen LogP contribution in [0.1, 0.15) is 22.6 Å². The molecule has 136 valence electrons. The van der Waals surface area contributed by atoms with E-state index in [0.29, 0.717) is 6.54 Å². The number of nitrogens with zero attached hydrogens (tertiary/aromatic N) is 4. The van der Waals surface area contributed by atoms with Gasteiger partial charge in [-0.2, -0.15) is 5.10 Å². The molecule has 7 nitrogen and oxygen atoms in total. The molecule has 1 aliphatic heterocycles. The van der Waals surface area contributed by atoms with E-state index in [9.17, 15) is 4.79 Å². The van der Waals surface area contributed by atoms with Gasteiger partial charge in [0.1, 0.15) is 11.4 Å². The van der Waals surface area contributed by atoms with Gasteiger partial charge in [0.2, 0.25) is 0 Å². The van der Waals surface area contributed by atoms with Crippen LogP contribution in [0.25, 0.3) is 28.1 Å². The van der Waals surface area contributed by atoms with E-state index >= 15 is 0 Å². The molecule has 4 rings (SSSR count). The second-order valence-electron chi connectivity index (χ2n) is 6.43. The Kier molecular flexibility index (Phi) is 4.52. The number of aryl methyl sites for hydroxylation is 1. The van der Waals surface area contributed by atoms with Gasteiger partial charge < -0.3 is 11.1 Å². The maximum atomic E-state index is 11.7. The Morgan fingerprint density at radius 3 is 2.78 bits per heavy atom. The molecule has 3 aromatic rings. The number of amides is 1. The molecule has 0 saturated heterocycles. The van der Waals surface area contributed by atoms with E-state index in [0.717, 1.165) is 46.7 Å². The fourth-order valence-electron chi connectivity index (χ4n) is 3.26. The average molecular weight is 360 g/mol. The molecule has 0 bridgehead atoms. The number of rotatable bonds is 4. The van der Waals surface area contributed by atoms with Gasteiger partial charge in [0.05, 0.1) is 11.4 Å². The van der Waals surface area contributed by atoms with Gasteiger partial charge in [-0.15, -0.1) is 0 Å². The lowest BCUT2D eigenvalue weighted by Gasteiger charge is -2.17. The number of pyridine rings is 2. The fraction of sp³-hybridized carbons (Fsp3) is 0.200. The maximum Gasteiger partial charge on any atom is 0.267 e. The Morgan fingerprint density at radius 2 is 2.07 bits per heavy atom. The van der Waals surface area contributed by atoms with Crippen LogP contribution in [0.5, 0.6) is 0 Å². The molecule has 1 aliphatic rings. The molecular formula is C20H20N6O. The van der Waals surface area contributed by atoms with Gasteiger partial charge >= 0.3 is 0 Å². The van der Waals surface area contributed by atoms with Gasteiger partial charge in [-0.05, 0) is 42.8 Å². The summed E-state index contributed by atoms with van der Waals surface area (Å²) >= 11 is 0. The normalized spacial score (nSPS) is 14.0. The smallest absolute Gasteiger partial charge is 0.267 e. The molecule has 4 heterocycles. The number of nitrogens with one attached hydrogen (secondary N) is 1. The van der Waals surface area contributed by atoms with Gasteiger partial charge in [-0.25, -0.2) is 4.98 Å². The van der Waals surface area contributed by atoms with Crippen molar-refractivity contribution < 1.29 is 4.79 Å². The van der Waals surface area contributed by atoms with E-state index in [2.05, 4.69) is 26.5 Å². The summed E-state index contributed by atoms with van der Waals surface area (Å²) < 4.78 is 1.76. The van der Waals surface area contributed by atoms with E-state index in [4.69, 9.17) is 5.73 Å². The highest BCUT2D eigenvalue weighted by Gasteiger charge is 2.21. The van der Waals surface area contributed by atoms with E-state index in [1.54, 1.807) is 16.9 Å². The van der Waals surface area contributed by atoms with Crippen molar-refractivity contribution in [2.45, 2.75) is 6.42 Å². The number of hydrogen-bond donors (Lipinski definition) is 2. The van der Waals surface area contributed by atoms with Crippen LogP contribution in [-0.2, 0) is 7.05 Å². The Balaban J connectivity index is 1.92. The van der Waals surface area contributed by atoms with Gasteiger partial charge in [-0.1, -0.05) is 12.1 Å². The summed E-state index contributed by atoms with van der Waals surface area (Å²) in [5.74, 6) is -0.539. The van der Waals surface area contributed by atoms with Crippen LogP contribution in [0.4, 0.5) is 0 Å². The molecule has 1 amide bonds. The first kappa shape index (κ1) is 17.1. The predicted molar refractivity (Wildman–Crippen MR) is 104 cm³/mol. The van der Waals surface area contributed by atoms with E-state index in [-0.39, 0.29) is 5.69 Å². The van der Waals surface area contributed by atoms with Gasteiger partial charge in [0.15, 0.2) is 0 Å². The second kappa shape index (κ2) is 7.13. The molecule has 0 fully saturated rings. The molecule has 0 atom stereocenters. The number of hydrogen-bond acceptors (Lipinski definition) is 5. The number of primary amides is 1. The van der Waals surface area contributed by atoms with Gasteiger partial charge in [0.25, 0.3) is 5.91 Å². The van der Waals surface area contributed by atoms with E-state index < -0.39 is 5.91 Å². The lowest BCUT2D eigenvalue weighted by molar-refractivity contribution is 0.0995. The van der Waals surface area contributed by atoms with Crippen molar-refractivity contribution in [3.05, 3.63) is 60.2 Å². The van der Waals surface area contributed by atoms with Crippen LogP contribution in [0.3, 0.4) is 0 Å². The van der Waals surface area contributed by atoms with Crippen LogP contribution in [0.15, 0.2) is 48.8 Å². The van der Waals surface area contributed by atoms with Gasteiger partial charge in [-0.3, -0.25) is 14.5 Å². The largest absolute Gasteiger partial charge is 0.364 e. The number of carbonyl (C=O) groups excluding carboxylic acids is 1. The molecule has 7 heteroatoms. The highest BCUT2D eigenvalue weighted by Crippen LogP contribution is 2.34. The molecule has 0 aromatic carbocycles. The van der Waals surface area contributed by atoms with E-state index in [1.165, 1.54) is 0 Å². The summed E-state index contributed by atoms with van der Waals surface area (Å²) in [4.78, 5) is 20.7. The standard InChI is InChI=1S/C20H20N6O/c1-26-12-15(19(25-26)16-6-2-3-10-23-16)14-7-8-17(20(21)27)24-18(14)13-5-4-9-22-11-13/h2-3,5-8,10,12,22H,4,9,11H2,1H3,(H2,21,27). The molecule has 0 spiro atoms. The summed E-state index contributed by atoms with van der Waals surface area (Å²) in [6, 6.07) is 9.29. The molecule has 0 unspecified atom stereocenters. The maximum absolute atomic E-state index is 11.7. The first-order chi connectivity index (χ1) is 13.1. The van der Waals surface area contributed by atoms with Crippen LogP contribution < -0.4 is 11.1 Å². The Bertz CT molecular complexity index is 1020. The molecule has 0 saturated carbocycles. The third kappa shape index (κ3) is 3.37. The molecule has 3 N–H and O–H groups in total. The monoisotopic (exact) mass is 360 g/mol. The minimum Gasteiger partial charge on any atom is -0.364 e. The van der Waals surface area contributed by atoms with Crippen molar-refractivity contribution in [2.75, 3.05) is 13.1 Å². The lowest BCUT2D eigenvalue weighted by atomic mass is 9.96. The van der Waals surface area contributed by atoms with Crippen molar-refractivity contribution in [3.8, 4) is 22.5 Å². The van der Waals surface area contributed by atoms with Crippen LogP contribution >= 0.6 is 0 Å². The van der Waals surface area contributed by atoms with Crippen LogP contribution in [0, 0.1) is 0 Å². The highest BCUT2D eigenvalue weighted by molar-refractivity contribution is 5.93. The molecule has 0 radical (unpaired) electrons. The van der Waals surface area contributed by atoms with Crippen molar-refractivity contribution in [1.29, 1.82) is 0 Å². The summed E-state index contributed by atoms with van der Waals surface area (Å²) in [6.45, 7) is 1.63. The molecule has 0 aliphatic carbocycles. The van der Waals surface area contributed by atoms with Crippen LogP contribution in [0.2, 0.25) is 0 Å². The van der Waals surface area contributed by atoms with E-state index in [1.807, 2.05) is 37.5 Å². The van der Waals surface area contributed by atoms with Crippen molar-refractivity contribution in [1.82, 2.24) is 25.1 Å². The summed E-state index contributed by atoms with van der Waals surface area (Å²) in [7, 11) is 1.88. The zero-order valence-corrected chi connectivity index (χ0v) is 15.0. The van der Waals surface area contributed by atoms with Crippen molar-refractivity contribution in [3.63, 3.8) is 0 Å². The van der Waals surface area contributed by atoms with Crippen molar-refractivity contribution >= 4 is 11.5 Å². The fourth-order valence-corrected chi connectivity index (χ4v) is 3.26. The minimum atomic E-state index is -0.539. The molecule has 27 heavy (non-hydrogen) atoms. The van der Waals surface area contributed by atoms with Crippen LogP contribution in [-0.4, -0.2) is 38.7 Å². The predicted octanol–water partition coefficient (Wildman–Crippen LogP) is 2.02. The summed E-state index contributed by atoms with van der Waals surface area (Å²) in [6.07, 6.45) is 6.77. The lowest BCUT2D eigenvalue weighted by Crippen LogP contribution is -2.23. The third-order valence-electron chi connectivity index (χ3n) is 4.51. The second-order valence-corrected chi connectivity index (χ2v) is 6.43. The number of aromatic nitrogens is 4. The first-order valence-electron chi connectivity index (χ1n) is 8.80. The quantitative estimate of drug-likeness (QED) is 0.742. The van der Waals surface area contributed by atoms with Crippen molar-refractivity contribution in [2.24, 2.45) is 12.8 Å². The SMILES string of the molecule is Cn1cc(-c2ccc(C(N)=O)nc2C2=CCCNC2)c(-c2ccccn2)n1.